The Morgan fingerprint density at radius 1 is 1.20 bits per heavy atom. The monoisotopic (exact) mass is 210 g/mol. The van der Waals surface area contributed by atoms with Gasteiger partial charge in [0.1, 0.15) is 0 Å². The molecule has 86 valence electrons. The first kappa shape index (κ1) is 10.1. The van der Waals surface area contributed by atoms with E-state index in [1.54, 1.807) is 0 Å². The van der Waals surface area contributed by atoms with Crippen molar-refractivity contribution in [2.75, 3.05) is 26.2 Å². The molecule has 0 amide bonds. The molecule has 0 radical (unpaired) electrons. The van der Waals surface area contributed by atoms with Gasteiger partial charge in [0, 0.05) is 25.7 Å². The number of likely N-dealkylation sites (tertiary alicyclic amines) is 1. The number of ether oxygens (including phenoxy) is 1. The summed E-state index contributed by atoms with van der Waals surface area (Å²) in [5, 5.41) is 3.54. The molecule has 3 aliphatic rings. The van der Waals surface area contributed by atoms with Gasteiger partial charge in [-0.25, -0.2) is 0 Å². The van der Waals surface area contributed by atoms with Gasteiger partial charge in [0.2, 0.25) is 0 Å². The van der Waals surface area contributed by atoms with E-state index in [0.717, 1.165) is 5.92 Å². The number of hydrogen-bond acceptors (Lipinski definition) is 3. The van der Waals surface area contributed by atoms with Crippen molar-refractivity contribution in [2.45, 2.75) is 44.4 Å². The number of fused-ring (bicyclic) bond motifs is 2. The van der Waals surface area contributed by atoms with Gasteiger partial charge in [-0.05, 0) is 38.6 Å². The maximum atomic E-state index is 5.86. The molecule has 0 aliphatic carbocycles. The van der Waals surface area contributed by atoms with Gasteiger partial charge in [0.05, 0.1) is 12.2 Å². The third kappa shape index (κ3) is 2.05. The first-order chi connectivity index (χ1) is 7.31. The van der Waals surface area contributed by atoms with Crippen molar-refractivity contribution in [3.63, 3.8) is 0 Å². The Balaban J connectivity index is 1.55. The number of nitrogens with zero attached hydrogens (tertiary/aromatic N) is 1. The molecule has 1 N–H and O–H groups in total. The van der Waals surface area contributed by atoms with Crippen molar-refractivity contribution in [3.05, 3.63) is 0 Å². The summed E-state index contributed by atoms with van der Waals surface area (Å²) >= 11 is 0. The summed E-state index contributed by atoms with van der Waals surface area (Å²) in [6.07, 6.45) is 5.04. The van der Waals surface area contributed by atoms with Crippen LogP contribution in [0.4, 0.5) is 0 Å². The summed E-state index contributed by atoms with van der Waals surface area (Å²) in [5.41, 5.74) is 0. The van der Waals surface area contributed by atoms with Gasteiger partial charge in [-0.1, -0.05) is 0 Å². The largest absolute Gasteiger partial charge is 0.372 e. The lowest BCUT2D eigenvalue weighted by atomic mass is 10.0. The highest BCUT2D eigenvalue weighted by molar-refractivity contribution is 4.88. The first-order valence-corrected chi connectivity index (χ1v) is 6.42. The van der Waals surface area contributed by atoms with E-state index in [1.807, 2.05) is 0 Å². The molecule has 3 nitrogen and oxygen atoms in total. The number of rotatable bonds is 2. The molecule has 3 saturated heterocycles. The minimum atomic E-state index is 0.549. The summed E-state index contributed by atoms with van der Waals surface area (Å²) in [4.78, 5) is 2.64. The Kier molecular flexibility index (Phi) is 2.71. The molecular formula is C12H22N2O. The maximum absolute atomic E-state index is 5.86. The van der Waals surface area contributed by atoms with Gasteiger partial charge in [-0.3, -0.25) is 4.90 Å². The molecule has 2 bridgehead atoms. The van der Waals surface area contributed by atoms with Crippen LogP contribution in [-0.2, 0) is 4.74 Å². The van der Waals surface area contributed by atoms with E-state index in [9.17, 15) is 0 Å². The normalized spacial score (nSPS) is 46.2. The van der Waals surface area contributed by atoms with Crippen LogP contribution in [0.3, 0.4) is 0 Å². The van der Waals surface area contributed by atoms with Crippen LogP contribution < -0.4 is 5.32 Å². The van der Waals surface area contributed by atoms with Crippen LogP contribution in [0.2, 0.25) is 0 Å². The summed E-state index contributed by atoms with van der Waals surface area (Å²) in [5.74, 6) is 0.863. The standard InChI is InChI=1S/C12H22N2O/c1-9-10(4-5-13-9)6-14-7-11-2-3-12(8-14)15-11/h9-13H,2-8H2,1H3. The molecule has 3 heteroatoms. The molecule has 0 spiro atoms. The van der Waals surface area contributed by atoms with Gasteiger partial charge in [-0.2, -0.15) is 0 Å². The van der Waals surface area contributed by atoms with Crippen molar-refractivity contribution >= 4 is 0 Å². The summed E-state index contributed by atoms with van der Waals surface area (Å²) in [6.45, 7) is 7.18. The van der Waals surface area contributed by atoms with Crippen molar-refractivity contribution < 1.29 is 4.74 Å². The lowest BCUT2D eigenvalue weighted by Gasteiger charge is -2.34. The minimum Gasteiger partial charge on any atom is -0.372 e. The fourth-order valence-electron chi connectivity index (χ4n) is 3.34. The molecular weight excluding hydrogens is 188 g/mol. The molecule has 0 aromatic rings. The fourth-order valence-corrected chi connectivity index (χ4v) is 3.34. The van der Waals surface area contributed by atoms with E-state index in [0.29, 0.717) is 18.2 Å². The summed E-state index contributed by atoms with van der Waals surface area (Å²) in [7, 11) is 0. The van der Waals surface area contributed by atoms with E-state index >= 15 is 0 Å². The van der Waals surface area contributed by atoms with E-state index in [4.69, 9.17) is 4.74 Å². The third-order valence-electron chi connectivity index (χ3n) is 4.30. The van der Waals surface area contributed by atoms with Gasteiger partial charge < -0.3 is 10.1 Å². The fraction of sp³-hybridized carbons (Fsp3) is 1.00. The Hall–Kier alpha value is -0.120. The van der Waals surface area contributed by atoms with Gasteiger partial charge >= 0.3 is 0 Å². The highest BCUT2D eigenvalue weighted by Gasteiger charge is 2.35. The van der Waals surface area contributed by atoms with Crippen molar-refractivity contribution in [1.29, 1.82) is 0 Å². The van der Waals surface area contributed by atoms with Gasteiger partial charge in [0.25, 0.3) is 0 Å². The predicted octanol–water partition coefficient (Wildman–Crippen LogP) is 0.848. The second-order valence-corrected chi connectivity index (χ2v) is 5.47. The number of morpholine rings is 1. The molecule has 3 fully saturated rings. The van der Waals surface area contributed by atoms with Crippen molar-refractivity contribution in [1.82, 2.24) is 10.2 Å². The number of hydrogen-bond donors (Lipinski definition) is 1. The van der Waals surface area contributed by atoms with E-state index < -0.39 is 0 Å². The average Bonchev–Trinajstić information content (AvgIpc) is 2.75. The average molecular weight is 210 g/mol. The van der Waals surface area contributed by atoms with Crippen molar-refractivity contribution in [2.24, 2.45) is 5.92 Å². The van der Waals surface area contributed by atoms with Crippen LogP contribution in [0.5, 0.6) is 0 Å². The molecule has 15 heavy (non-hydrogen) atoms. The number of nitrogens with one attached hydrogen (secondary N) is 1. The summed E-state index contributed by atoms with van der Waals surface area (Å²) in [6, 6.07) is 0.713. The van der Waals surface area contributed by atoms with Gasteiger partial charge in [-0.15, -0.1) is 0 Å². The lowest BCUT2D eigenvalue weighted by molar-refractivity contribution is -0.0427. The highest BCUT2D eigenvalue weighted by atomic mass is 16.5. The Morgan fingerprint density at radius 3 is 2.53 bits per heavy atom. The second-order valence-electron chi connectivity index (χ2n) is 5.47. The SMILES string of the molecule is CC1NCCC1CN1CC2CCC(C1)O2. The maximum Gasteiger partial charge on any atom is 0.0707 e. The Morgan fingerprint density at radius 2 is 1.93 bits per heavy atom. The van der Waals surface area contributed by atoms with Gasteiger partial charge in [0.15, 0.2) is 0 Å². The van der Waals surface area contributed by atoms with Crippen LogP contribution in [0.1, 0.15) is 26.2 Å². The third-order valence-corrected chi connectivity index (χ3v) is 4.30. The quantitative estimate of drug-likeness (QED) is 0.731. The molecule has 4 unspecified atom stereocenters. The van der Waals surface area contributed by atoms with Crippen LogP contribution >= 0.6 is 0 Å². The van der Waals surface area contributed by atoms with Crippen LogP contribution in [-0.4, -0.2) is 49.3 Å². The van der Waals surface area contributed by atoms with E-state index in [-0.39, 0.29) is 0 Å². The first-order valence-electron chi connectivity index (χ1n) is 6.42. The zero-order valence-electron chi connectivity index (χ0n) is 9.61. The Labute approximate surface area is 92.2 Å². The predicted molar refractivity (Wildman–Crippen MR) is 59.9 cm³/mol. The minimum absolute atomic E-state index is 0.549. The highest BCUT2D eigenvalue weighted by Crippen LogP contribution is 2.27. The van der Waals surface area contributed by atoms with E-state index in [1.165, 1.54) is 45.4 Å². The second kappa shape index (κ2) is 4.04. The molecule has 0 aromatic carbocycles. The van der Waals surface area contributed by atoms with Crippen molar-refractivity contribution in [3.8, 4) is 0 Å². The zero-order valence-corrected chi connectivity index (χ0v) is 9.61. The molecule has 0 aromatic heterocycles. The Bertz CT molecular complexity index is 222. The molecule has 4 atom stereocenters. The molecule has 3 heterocycles. The smallest absolute Gasteiger partial charge is 0.0707 e. The van der Waals surface area contributed by atoms with Crippen LogP contribution in [0.25, 0.3) is 0 Å². The van der Waals surface area contributed by atoms with Crippen LogP contribution in [0.15, 0.2) is 0 Å². The summed E-state index contributed by atoms with van der Waals surface area (Å²) < 4.78 is 5.86. The molecule has 3 aliphatic heterocycles. The zero-order chi connectivity index (χ0) is 10.3. The lowest BCUT2D eigenvalue weighted by Crippen LogP contribution is -2.45. The molecule has 3 rings (SSSR count). The molecule has 0 saturated carbocycles. The van der Waals surface area contributed by atoms with Crippen LogP contribution in [0, 0.1) is 5.92 Å². The van der Waals surface area contributed by atoms with E-state index in [2.05, 4.69) is 17.1 Å². The topological polar surface area (TPSA) is 24.5 Å².